The molecule has 0 amide bonds. The van der Waals surface area contributed by atoms with Gasteiger partial charge in [-0.1, -0.05) is 42.3 Å². The second-order valence-electron chi connectivity index (χ2n) is 9.53. The van der Waals surface area contributed by atoms with E-state index in [0.717, 1.165) is 63.6 Å². The number of piperidine rings is 1. The summed E-state index contributed by atoms with van der Waals surface area (Å²) < 4.78 is 38.3. The number of rotatable bonds is 7. The summed E-state index contributed by atoms with van der Waals surface area (Å²) in [5.74, 6) is 0.506. The van der Waals surface area contributed by atoms with E-state index in [1.165, 1.54) is 17.7 Å². The first-order chi connectivity index (χ1) is 15.3. The molecule has 2 aromatic rings. The zero-order valence-corrected chi connectivity index (χ0v) is 19.0. The van der Waals surface area contributed by atoms with Gasteiger partial charge >= 0.3 is 6.18 Å². The second kappa shape index (κ2) is 9.74. The zero-order valence-electron chi connectivity index (χ0n) is 18.3. The van der Waals surface area contributed by atoms with Crippen molar-refractivity contribution in [3.05, 3.63) is 70.2 Å². The van der Waals surface area contributed by atoms with Crippen LogP contribution in [0, 0.1) is 5.92 Å². The Morgan fingerprint density at radius 1 is 1.03 bits per heavy atom. The number of likely N-dealkylation sites (tertiary alicyclic amines) is 1. The molecule has 1 saturated heterocycles. The number of alkyl halides is 3. The van der Waals surface area contributed by atoms with Gasteiger partial charge in [0.05, 0.1) is 11.7 Å². The summed E-state index contributed by atoms with van der Waals surface area (Å²) in [6.45, 7) is 2.60. The summed E-state index contributed by atoms with van der Waals surface area (Å²) in [4.78, 5) is 2.38. The van der Waals surface area contributed by atoms with Gasteiger partial charge in [-0.15, -0.1) is 0 Å². The fraction of sp³-hybridized carbons (Fsp3) is 0.538. The van der Waals surface area contributed by atoms with Crippen LogP contribution >= 0.6 is 11.6 Å². The molecule has 2 aliphatic rings. The molecule has 1 aliphatic heterocycles. The fourth-order valence-electron chi connectivity index (χ4n) is 5.36. The molecule has 1 heterocycles. The fourth-order valence-corrected chi connectivity index (χ4v) is 5.48. The first kappa shape index (κ1) is 23.6. The van der Waals surface area contributed by atoms with E-state index in [-0.39, 0.29) is 5.41 Å². The Bertz CT molecular complexity index is 877. The van der Waals surface area contributed by atoms with E-state index in [4.69, 9.17) is 11.6 Å². The van der Waals surface area contributed by atoms with E-state index in [1.54, 1.807) is 12.1 Å². The second-order valence-corrected chi connectivity index (χ2v) is 9.97. The summed E-state index contributed by atoms with van der Waals surface area (Å²) in [6, 6.07) is 13.5. The van der Waals surface area contributed by atoms with Crippen LogP contribution in [0.15, 0.2) is 48.5 Å². The molecule has 0 bridgehead atoms. The van der Waals surface area contributed by atoms with Gasteiger partial charge in [0, 0.05) is 23.5 Å². The van der Waals surface area contributed by atoms with Crippen molar-refractivity contribution in [1.82, 2.24) is 4.90 Å². The molecule has 2 atom stereocenters. The highest BCUT2D eigenvalue weighted by Gasteiger charge is 2.45. The largest absolute Gasteiger partial charge is 0.416 e. The third kappa shape index (κ3) is 5.32. The van der Waals surface area contributed by atoms with Crippen LogP contribution in [0.2, 0.25) is 5.02 Å². The predicted molar refractivity (Wildman–Crippen MR) is 122 cm³/mol. The summed E-state index contributed by atoms with van der Waals surface area (Å²) in [7, 11) is 0. The molecule has 2 aromatic carbocycles. The standard InChI is InChI=1S/C26H31ClF3NO/c27-23-12-10-21(11-13-23)25(14-2-15-25)24(32)18-31-16-1-3-20(17-31)5-4-19-6-8-22(9-7-19)26(28,29)30/h6-13,20,24,32H,1-5,14-18H2/t20-,24?/m1/s1. The first-order valence-corrected chi connectivity index (χ1v) is 12.0. The molecular formula is C26H31ClF3NO. The van der Waals surface area contributed by atoms with E-state index in [0.29, 0.717) is 17.5 Å². The maximum Gasteiger partial charge on any atom is 0.416 e. The summed E-state index contributed by atoms with van der Waals surface area (Å²) in [6.07, 6.45) is 2.41. The lowest BCUT2D eigenvalue weighted by molar-refractivity contribution is -0.137. The number of halogens is 4. The van der Waals surface area contributed by atoms with Gasteiger partial charge in [0.2, 0.25) is 0 Å². The summed E-state index contributed by atoms with van der Waals surface area (Å²) in [5, 5.41) is 11.9. The molecular weight excluding hydrogens is 435 g/mol. The van der Waals surface area contributed by atoms with E-state index in [2.05, 4.69) is 4.90 Å². The van der Waals surface area contributed by atoms with Crippen molar-refractivity contribution in [1.29, 1.82) is 0 Å². The normalized spacial score (nSPS) is 22.3. The van der Waals surface area contributed by atoms with Crippen LogP contribution in [0.1, 0.15) is 55.2 Å². The van der Waals surface area contributed by atoms with Crippen LogP contribution in [0.3, 0.4) is 0 Å². The van der Waals surface area contributed by atoms with Gasteiger partial charge in [-0.25, -0.2) is 0 Å². The molecule has 174 valence electrons. The highest BCUT2D eigenvalue weighted by atomic mass is 35.5. The van der Waals surface area contributed by atoms with Crippen molar-refractivity contribution >= 4 is 11.6 Å². The Hall–Kier alpha value is -1.56. The maximum absolute atomic E-state index is 12.8. The lowest BCUT2D eigenvalue weighted by Crippen LogP contribution is -2.52. The minimum Gasteiger partial charge on any atom is -0.391 e. The van der Waals surface area contributed by atoms with Gasteiger partial charge in [-0.2, -0.15) is 13.2 Å². The van der Waals surface area contributed by atoms with Crippen molar-refractivity contribution in [2.24, 2.45) is 5.92 Å². The van der Waals surface area contributed by atoms with Crippen LogP contribution in [0.5, 0.6) is 0 Å². The number of benzene rings is 2. The smallest absolute Gasteiger partial charge is 0.391 e. The van der Waals surface area contributed by atoms with Crippen LogP contribution < -0.4 is 0 Å². The lowest BCUT2D eigenvalue weighted by Gasteiger charge is -2.48. The van der Waals surface area contributed by atoms with Gasteiger partial charge in [0.15, 0.2) is 0 Å². The molecule has 4 rings (SSSR count). The topological polar surface area (TPSA) is 23.5 Å². The van der Waals surface area contributed by atoms with Crippen LogP contribution in [0.25, 0.3) is 0 Å². The Labute approximate surface area is 193 Å². The van der Waals surface area contributed by atoms with Crippen molar-refractivity contribution < 1.29 is 18.3 Å². The van der Waals surface area contributed by atoms with Crippen molar-refractivity contribution in [3.63, 3.8) is 0 Å². The molecule has 0 spiro atoms. The number of hydrogen-bond donors (Lipinski definition) is 1. The number of β-amino-alcohol motifs (C(OH)–C–C–N with tert-alkyl or cyclic N) is 1. The molecule has 0 radical (unpaired) electrons. The molecule has 2 nitrogen and oxygen atoms in total. The predicted octanol–water partition coefficient (Wildman–Crippen LogP) is 6.49. The van der Waals surface area contributed by atoms with E-state index in [9.17, 15) is 18.3 Å². The number of hydrogen-bond acceptors (Lipinski definition) is 2. The average molecular weight is 466 g/mol. The number of aliphatic hydroxyl groups excluding tert-OH is 1. The van der Waals surface area contributed by atoms with Crippen LogP contribution in [-0.4, -0.2) is 35.7 Å². The van der Waals surface area contributed by atoms with Gasteiger partial charge < -0.3 is 10.0 Å². The first-order valence-electron chi connectivity index (χ1n) is 11.6. The lowest BCUT2D eigenvalue weighted by atomic mass is 9.61. The molecule has 32 heavy (non-hydrogen) atoms. The van der Waals surface area contributed by atoms with Gasteiger partial charge in [0.25, 0.3) is 0 Å². The molecule has 0 aromatic heterocycles. The van der Waals surface area contributed by atoms with Gasteiger partial charge in [-0.3, -0.25) is 0 Å². The molecule has 1 aliphatic carbocycles. The van der Waals surface area contributed by atoms with E-state index >= 15 is 0 Å². The van der Waals surface area contributed by atoms with Crippen molar-refractivity contribution in [2.75, 3.05) is 19.6 Å². The van der Waals surface area contributed by atoms with Crippen LogP contribution in [0.4, 0.5) is 13.2 Å². The van der Waals surface area contributed by atoms with Crippen molar-refractivity contribution in [2.45, 2.75) is 62.6 Å². The Morgan fingerprint density at radius 2 is 1.72 bits per heavy atom. The number of nitrogens with zero attached hydrogens (tertiary/aromatic N) is 1. The van der Waals surface area contributed by atoms with E-state index < -0.39 is 17.8 Å². The van der Waals surface area contributed by atoms with Crippen molar-refractivity contribution in [3.8, 4) is 0 Å². The summed E-state index contributed by atoms with van der Waals surface area (Å²) >= 11 is 6.06. The molecule has 2 fully saturated rings. The Kier molecular flexibility index (Phi) is 7.18. The number of aryl methyl sites for hydroxylation is 1. The van der Waals surface area contributed by atoms with Crippen LogP contribution in [-0.2, 0) is 18.0 Å². The van der Waals surface area contributed by atoms with Gasteiger partial charge in [-0.05, 0) is 86.4 Å². The zero-order chi connectivity index (χ0) is 22.8. The monoisotopic (exact) mass is 465 g/mol. The van der Waals surface area contributed by atoms with Gasteiger partial charge in [0.1, 0.15) is 0 Å². The Balaban J connectivity index is 1.31. The minimum absolute atomic E-state index is 0.169. The molecule has 6 heteroatoms. The highest BCUT2D eigenvalue weighted by Crippen LogP contribution is 2.47. The Morgan fingerprint density at radius 3 is 2.31 bits per heavy atom. The molecule has 1 unspecified atom stereocenters. The maximum atomic E-state index is 12.8. The number of aliphatic hydroxyl groups is 1. The molecule has 1 saturated carbocycles. The summed E-state index contributed by atoms with van der Waals surface area (Å²) in [5.41, 5.74) is 1.37. The average Bonchev–Trinajstić information content (AvgIpc) is 2.73. The minimum atomic E-state index is -4.28. The quantitative estimate of drug-likeness (QED) is 0.505. The highest BCUT2D eigenvalue weighted by molar-refractivity contribution is 6.30. The molecule has 1 N–H and O–H groups in total. The van der Waals surface area contributed by atoms with E-state index in [1.807, 2.05) is 24.3 Å². The third-order valence-electron chi connectivity index (χ3n) is 7.46. The third-order valence-corrected chi connectivity index (χ3v) is 7.71. The SMILES string of the molecule is OC(CN1CCC[C@H](CCc2ccc(C(F)(F)F)cc2)C1)C1(c2ccc(Cl)cc2)CCC1.